The number of nitrogens with zero attached hydrogens (tertiary/aromatic N) is 6. The van der Waals surface area contributed by atoms with Crippen LogP contribution in [0.25, 0.3) is 0 Å². The second-order valence-electron chi connectivity index (χ2n) is 10.7. The second kappa shape index (κ2) is 12.3. The number of nitrogens with one attached hydrogen (secondary N) is 1. The number of anilines is 1. The molecule has 12 heteroatoms. The highest BCUT2D eigenvalue weighted by Gasteiger charge is 2.34. The molecule has 1 N–H and O–H groups in total. The molecule has 1 fully saturated rings. The zero-order chi connectivity index (χ0) is 30.0. The van der Waals surface area contributed by atoms with E-state index in [1.54, 1.807) is 29.6 Å². The third-order valence-electron chi connectivity index (χ3n) is 7.79. The Labute approximate surface area is 252 Å². The summed E-state index contributed by atoms with van der Waals surface area (Å²) < 4.78 is 33.5. The Balaban J connectivity index is 1.29. The minimum absolute atomic E-state index is 0.250. The molecule has 4 aliphatic rings. The van der Waals surface area contributed by atoms with Gasteiger partial charge in [-0.05, 0) is 49.2 Å². The van der Waals surface area contributed by atoms with Crippen molar-refractivity contribution in [2.24, 2.45) is 10.1 Å². The maximum atomic E-state index is 13.6. The summed E-state index contributed by atoms with van der Waals surface area (Å²) in [5.74, 6) is 0.279. The number of hydrazine groups is 1. The van der Waals surface area contributed by atoms with Crippen LogP contribution in [0.15, 0.2) is 99.0 Å². The van der Waals surface area contributed by atoms with Crippen molar-refractivity contribution in [2.75, 3.05) is 44.9 Å². The number of aryl methyl sites for hydroxylation is 1. The quantitative estimate of drug-likeness (QED) is 0.541. The molecular formula is C31H35N7O4S. The van der Waals surface area contributed by atoms with Gasteiger partial charge in [0.15, 0.2) is 0 Å². The van der Waals surface area contributed by atoms with Gasteiger partial charge in [-0.2, -0.15) is 9.41 Å². The van der Waals surface area contributed by atoms with Crippen LogP contribution in [-0.2, 0) is 19.6 Å². The van der Waals surface area contributed by atoms with Crippen molar-refractivity contribution in [2.45, 2.75) is 30.7 Å². The summed E-state index contributed by atoms with van der Waals surface area (Å²) in [5.41, 5.74) is 3.94. The number of carbonyl (C=O) groups excluding carboxylic acids is 1. The SMILES string of the molecule is Cc1ccc(N2C(NC(=O)C3=C4CN(/C=C\CC=N4)N=C3)=CC(c3ccc(S(=O)(=O)N4CCCOCC4)cc3)N2C)cc1. The summed E-state index contributed by atoms with van der Waals surface area (Å²) >= 11 is 0. The van der Waals surface area contributed by atoms with Gasteiger partial charge in [0.1, 0.15) is 5.82 Å². The summed E-state index contributed by atoms with van der Waals surface area (Å²) in [6.07, 6.45) is 10.5. The molecule has 2 aromatic carbocycles. The molecule has 2 aromatic rings. The first-order valence-corrected chi connectivity index (χ1v) is 15.8. The number of hydrogen-bond acceptors (Lipinski definition) is 9. The molecule has 1 atom stereocenters. The van der Waals surface area contributed by atoms with E-state index in [-0.39, 0.29) is 16.8 Å². The Morgan fingerprint density at radius 1 is 1.05 bits per heavy atom. The monoisotopic (exact) mass is 601 g/mol. The van der Waals surface area contributed by atoms with Crippen molar-refractivity contribution in [1.82, 2.24) is 19.6 Å². The molecule has 0 radical (unpaired) electrons. The minimum Gasteiger partial charge on any atom is -0.380 e. The number of allylic oxidation sites excluding steroid dienone is 1. The zero-order valence-electron chi connectivity index (χ0n) is 24.3. The minimum atomic E-state index is -3.63. The van der Waals surface area contributed by atoms with Gasteiger partial charge in [-0.25, -0.2) is 13.4 Å². The van der Waals surface area contributed by atoms with E-state index in [1.165, 1.54) is 4.31 Å². The van der Waals surface area contributed by atoms with Gasteiger partial charge in [-0.15, -0.1) is 0 Å². The summed E-state index contributed by atoms with van der Waals surface area (Å²) in [6, 6.07) is 14.8. The lowest BCUT2D eigenvalue weighted by atomic mass is 10.1. The molecule has 1 unspecified atom stereocenters. The molecule has 0 aromatic heterocycles. The number of hydrogen-bond donors (Lipinski definition) is 1. The van der Waals surface area contributed by atoms with E-state index in [0.29, 0.717) is 62.8 Å². The topological polar surface area (TPSA) is 110 Å². The molecule has 1 amide bonds. The molecule has 4 heterocycles. The van der Waals surface area contributed by atoms with Gasteiger partial charge in [-0.1, -0.05) is 35.9 Å². The van der Waals surface area contributed by atoms with Gasteiger partial charge in [-0.3, -0.25) is 19.8 Å². The van der Waals surface area contributed by atoms with Crippen LogP contribution in [-0.4, -0.2) is 81.0 Å². The van der Waals surface area contributed by atoms with Gasteiger partial charge in [0.25, 0.3) is 5.91 Å². The number of hydrazone groups is 1. The summed E-state index contributed by atoms with van der Waals surface area (Å²) in [6.45, 7) is 4.18. The number of likely N-dealkylation sites (N-methyl/N-ethyl adjacent to an activating group) is 1. The maximum Gasteiger partial charge on any atom is 0.260 e. The average molecular weight is 602 g/mol. The fraction of sp³-hybridized carbons (Fsp3) is 0.323. The zero-order valence-corrected chi connectivity index (χ0v) is 25.1. The Bertz CT molecular complexity index is 1620. The average Bonchev–Trinajstić information content (AvgIpc) is 3.15. The molecule has 43 heavy (non-hydrogen) atoms. The Kier molecular flexibility index (Phi) is 8.26. The number of fused-ring (bicyclic) bond motifs is 2. The number of ether oxygens (including phenoxy) is 1. The van der Waals surface area contributed by atoms with Gasteiger partial charge < -0.3 is 10.1 Å². The molecule has 6 rings (SSSR count). The maximum absolute atomic E-state index is 13.6. The van der Waals surface area contributed by atoms with Crippen LogP contribution >= 0.6 is 0 Å². The summed E-state index contributed by atoms with van der Waals surface area (Å²) in [5, 5.41) is 13.2. The van der Waals surface area contributed by atoms with E-state index in [1.807, 2.05) is 78.7 Å². The lowest BCUT2D eigenvalue weighted by molar-refractivity contribution is -0.116. The molecule has 0 saturated carbocycles. The van der Waals surface area contributed by atoms with Crippen molar-refractivity contribution in [3.8, 4) is 0 Å². The highest BCUT2D eigenvalue weighted by Crippen LogP contribution is 2.36. The normalized spacial score (nSPS) is 22.2. The fourth-order valence-corrected chi connectivity index (χ4v) is 6.92. The second-order valence-corrected chi connectivity index (χ2v) is 12.7. The van der Waals surface area contributed by atoms with Gasteiger partial charge in [0, 0.05) is 45.6 Å². The van der Waals surface area contributed by atoms with Crippen LogP contribution < -0.4 is 10.3 Å². The standard InChI is InChI=1S/C31H35N7O4S/c1-23-6-10-25(11-7-23)38-30(34-31(39)27-21-33-36-15-4-3-14-32-28(27)22-36)20-29(35(38)2)24-8-12-26(13-9-24)43(40,41)37-16-5-18-42-19-17-37/h4,6-15,20-21,29H,3,5,16-19,22H2,1-2H3,(H,34,39)/b15-4-,32-14?. The predicted octanol–water partition coefficient (Wildman–Crippen LogP) is 3.32. The Hall–Kier alpha value is -4.10. The molecule has 0 spiro atoms. The first kappa shape index (κ1) is 29.0. The van der Waals surface area contributed by atoms with Crippen LogP contribution in [0.1, 0.15) is 30.0 Å². The van der Waals surface area contributed by atoms with E-state index >= 15 is 0 Å². The molecule has 224 valence electrons. The molecule has 1 saturated heterocycles. The van der Waals surface area contributed by atoms with E-state index in [2.05, 4.69) is 15.4 Å². The highest BCUT2D eigenvalue weighted by molar-refractivity contribution is 7.89. The van der Waals surface area contributed by atoms with Crippen molar-refractivity contribution >= 4 is 34.0 Å². The van der Waals surface area contributed by atoms with Crippen LogP contribution in [0.3, 0.4) is 0 Å². The van der Waals surface area contributed by atoms with Gasteiger partial charge in [0.05, 0.1) is 47.3 Å². The fourth-order valence-electron chi connectivity index (χ4n) is 5.45. The van der Waals surface area contributed by atoms with Crippen LogP contribution in [0.5, 0.6) is 0 Å². The summed E-state index contributed by atoms with van der Waals surface area (Å²) in [4.78, 5) is 18.4. The highest BCUT2D eigenvalue weighted by atomic mass is 32.2. The molecule has 2 bridgehead atoms. The first-order valence-electron chi connectivity index (χ1n) is 14.3. The first-order chi connectivity index (χ1) is 20.8. The third-order valence-corrected chi connectivity index (χ3v) is 9.70. The number of aliphatic imine (C=N–C) groups is 1. The number of amides is 1. The van der Waals surface area contributed by atoms with E-state index in [9.17, 15) is 13.2 Å². The Morgan fingerprint density at radius 2 is 1.84 bits per heavy atom. The number of sulfonamides is 1. The molecule has 4 aliphatic heterocycles. The molecule has 0 aliphatic carbocycles. The van der Waals surface area contributed by atoms with Crippen molar-refractivity contribution in [3.05, 3.63) is 95.1 Å². The van der Waals surface area contributed by atoms with Crippen molar-refractivity contribution < 1.29 is 17.9 Å². The third kappa shape index (κ3) is 6.04. The molecule has 11 nitrogen and oxygen atoms in total. The van der Waals surface area contributed by atoms with E-state index < -0.39 is 10.0 Å². The van der Waals surface area contributed by atoms with Crippen molar-refractivity contribution in [3.63, 3.8) is 0 Å². The number of benzene rings is 2. The van der Waals surface area contributed by atoms with Gasteiger partial charge >= 0.3 is 0 Å². The Morgan fingerprint density at radius 3 is 2.63 bits per heavy atom. The largest absolute Gasteiger partial charge is 0.380 e. The van der Waals surface area contributed by atoms with Gasteiger partial charge in [0.2, 0.25) is 10.0 Å². The smallest absolute Gasteiger partial charge is 0.260 e. The predicted molar refractivity (Wildman–Crippen MR) is 165 cm³/mol. The summed E-state index contributed by atoms with van der Waals surface area (Å²) in [7, 11) is -1.69. The van der Waals surface area contributed by atoms with Crippen molar-refractivity contribution in [1.29, 1.82) is 0 Å². The number of carbonyl (C=O) groups is 1. The molecular weight excluding hydrogens is 566 g/mol. The lowest BCUT2D eigenvalue weighted by Crippen LogP contribution is -2.42. The van der Waals surface area contributed by atoms with E-state index in [0.717, 1.165) is 16.8 Å². The number of rotatable bonds is 6. The van der Waals surface area contributed by atoms with Crippen LogP contribution in [0.2, 0.25) is 0 Å². The van der Waals surface area contributed by atoms with Crippen LogP contribution in [0, 0.1) is 6.92 Å². The lowest BCUT2D eigenvalue weighted by Gasteiger charge is -2.33. The van der Waals surface area contributed by atoms with Crippen LogP contribution in [0.4, 0.5) is 5.69 Å². The van der Waals surface area contributed by atoms with E-state index in [4.69, 9.17) is 4.74 Å².